The third kappa shape index (κ3) is 4.35. The summed E-state index contributed by atoms with van der Waals surface area (Å²) in [6, 6.07) is 7.55. The highest BCUT2D eigenvalue weighted by atomic mass is 79.9. The first-order valence-corrected chi connectivity index (χ1v) is 9.25. The van der Waals surface area contributed by atoms with E-state index in [9.17, 15) is 18.0 Å². The van der Waals surface area contributed by atoms with Crippen molar-refractivity contribution >= 4 is 38.6 Å². The minimum Gasteiger partial charge on any atom is -0.321 e. The molecule has 0 atom stereocenters. The van der Waals surface area contributed by atoms with Crippen LogP contribution in [0.15, 0.2) is 40.9 Å². The zero-order chi connectivity index (χ0) is 20.7. The SMILES string of the molecule is CC(C)(C)Cn1nnc2c(Br)c(NC(=O)c3ccc(C(F)(F)F)cc3)ccc21. The van der Waals surface area contributed by atoms with E-state index in [1.54, 1.807) is 16.8 Å². The van der Waals surface area contributed by atoms with Crippen molar-refractivity contribution in [3.05, 3.63) is 52.0 Å². The Balaban J connectivity index is 1.84. The third-order valence-corrected chi connectivity index (χ3v) is 4.78. The van der Waals surface area contributed by atoms with Crippen LogP contribution < -0.4 is 5.32 Å². The molecule has 0 aliphatic heterocycles. The largest absolute Gasteiger partial charge is 0.416 e. The maximum atomic E-state index is 12.7. The van der Waals surface area contributed by atoms with E-state index < -0.39 is 17.6 Å². The highest BCUT2D eigenvalue weighted by Gasteiger charge is 2.30. The van der Waals surface area contributed by atoms with Crippen molar-refractivity contribution in [2.24, 2.45) is 5.41 Å². The molecule has 9 heteroatoms. The third-order valence-electron chi connectivity index (χ3n) is 3.97. The lowest BCUT2D eigenvalue weighted by Crippen LogP contribution is -2.16. The molecular weight excluding hydrogens is 437 g/mol. The van der Waals surface area contributed by atoms with Gasteiger partial charge >= 0.3 is 6.18 Å². The van der Waals surface area contributed by atoms with E-state index in [1.165, 1.54) is 0 Å². The molecule has 1 heterocycles. The Morgan fingerprint density at radius 3 is 2.32 bits per heavy atom. The summed E-state index contributed by atoms with van der Waals surface area (Å²) in [5.74, 6) is -0.518. The van der Waals surface area contributed by atoms with Crippen LogP contribution in [0.1, 0.15) is 36.7 Å². The number of alkyl halides is 3. The quantitative estimate of drug-likeness (QED) is 0.567. The summed E-state index contributed by atoms with van der Waals surface area (Å²) in [7, 11) is 0. The van der Waals surface area contributed by atoms with Crippen LogP contribution in [0.2, 0.25) is 0 Å². The average Bonchev–Trinajstić information content (AvgIpc) is 2.98. The lowest BCUT2D eigenvalue weighted by molar-refractivity contribution is -0.137. The summed E-state index contributed by atoms with van der Waals surface area (Å²) < 4.78 is 40.3. The normalized spacial score (nSPS) is 12.4. The van der Waals surface area contributed by atoms with Gasteiger partial charge in [0.15, 0.2) is 0 Å². The first-order chi connectivity index (χ1) is 13.0. The van der Waals surface area contributed by atoms with Crippen LogP contribution in [0.25, 0.3) is 11.0 Å². The highest BCUT2D eigenvalue weighted by molar-refractivity contribution is 9.10. The first kappa shape index (κ1) is 20.3. The van der Waals surface area contributed by atoms with Gasteiger partial charge in [-0.1, -0.05) is 26.0 Å². The van der Waals surface area contributed by atoms with Gasteiger partial charge in [0.2, 0.25) is 0 Å². The molecule has 0 unspecified atom stereocenters. The van der Waals surface area contributed by atoms with Crippen molar-refractivity contribution in [1.29, 1.82) is 0 Å². The number of rotatable bonds is 3. The number of benzene rings is 2. The van der Waals surface area contributed by atoms with Crippen LogP contribution in [0.3, 0.4) is 0 Å². The van der Waals surface area contributed by atoms with Gasteiger partial charge in [0.1, 0.15) is 5.52 Å². The van der Waals surface area contributed by atoms with Crippen LogP contribution in [0, 0.1) is 5.41 Å². The number of halogens is 4. The number of fused-ring (bicyclic) bond motifs is 1. The van der Waals surface area contributed by atoms with E-state index in [0.29, 0.717) is 22.2 Å². The Bertz CT molecular complexity index is 1020. The van der Waals surface area contributed by atoms with Gasteiger partial charge in [-0.2, -0.15) is 13.2 Å². The number of carbonyl (C=O) groups excluding carboxylic acids is 1. The average molecular weight is 455 g/mol. The maximum Gasteiger partial charge on any atom is 0.416 e. The zero-order valence-electron chi connectivity index (χ0n) is 15.4. The monoisotopic (exact) mass is 454 g/mol. The van der Waals surface area contributed by atoms with Crippen molar-refractivity contribution in [1.82, 2.24) is 15.0 Å². The molecule has 0 spiro atoms. The first-order valence-electron chi connectivity index (χ1n) is 8.46. The van der Waals surface area contributed by atoms with Gasteiger partial charge in [-0.05, 0) is 57.7 Å². The van der Waals surface area contributed by atoms with E-state index in [4.69, 9.17) is 0 Å². The lowest BCUT2D eigenvalue weighted by Gasteiger charge is -2.18. The van der Waals surface area contributed by atoms with Gasteiger partial charge in [0.25, 0.3) is 5.91 Å². The predicted octanol–water partition coefficient (Wildman–Crippen LogP) is 5.51. The van der Waals surface area contributed by atoms with Gasteiger partial charge in [-0.3, -0.25) is 4.79 Å². The summed E-state index contributed by atoms with van der Waals surface area (Å²) in [5.41, 5.74) is 1.20. The molecule has 148 valence electrons. The van der Waals surface area contributed by atoms with Gasteiger partial charge in [0.05, 0.1) is 21.2 Å². The summed E-state index contributed by atoms with van der Waals surface area (Å²) >= 11 is 3.43. The summed E-state index contributed by atoms with van der Waals surface area (Å²) in [6.45, 7) is 6.95. The van der Waals surface area contributed by atoms with E-state index in [-0.39, 0.29) is 11.0 Å². The summed E-state index contributed by atoms with van der Waals surface area (Å²) in [6.07, 6.45) is -4.44. The standard InChI is InChI=1S/C19H18BrF3N4O/c1-18(2,3)10-27-14-9-8-13(15(20)16(14)25-26-27)24-17(28)11-4-6-12(7-5-11)19(21,22)23/h4-9H,10H2,1-3H3,(H,24,28). The molecule has 1 N–H and O–H groups in total. The molecule has 0 aliphatic carbocycles. The van der Waals surface area contributed by atoms with Crippen LogP contribution >= 0.6 is 15.9 Å². The number of amides is 1. The van der Waals surface area contributed by atoms with Gasteiger partial charge in [0, 0.05) is 12.1 Å². The number of nitrogens with zero attached hydrogens (tertiary/aromatic N) is 3. The molecular formula is C19H18BrF3N4O. The van der Waals surface area contributed by atoms with Crippen molar-refractivity contribution in [2.75, 3.05) is 5.32 Å². The highest BCUT2D eigenvalue weighted by Crippen LogP contribution is 2.32. The predicted molar refractivity (Wildman–Crippen MR) is 104 cm³/mol. The van der Waals surface area contributed by atoms with Crippen LogP contribution in [0.4, 0.5) is 18.9 Å². The number of hydrogen-bond donors (Lipinski definition) is 1. The number of hydrogen-bond acceptors (Lipinski definition) is 3. The molecule has 0 radical (unpaired) electrons. The van der Waals surface area contributed by atoms with Crippen LogP contribution in [0.5, 0.6) is 0 Å². The van der Waals surface area contributed by atoms with Gasteiger partial charge < -0.3 is 5.32 Å². The van der Waals surface area contributed by atoms with E-state index in [2.05, 4.69) is 52.3 Å². The Labute approximate surface area is 168 Å². The summed E-state index contributed by atoms with van der Waals surface area (Å²) in [4.78, 5) is 12.4. The van der Waals surface area contributed by atoms with Gasteiger partial charge in [-0.15, -0.1) is 5.10 Å². The molecule has 3 aromatic rings. The molecule has 0 saturated heterocycles. The van der Waals surface area contributed by atoms with E-state index in [0.717, 1.165) is 29.8 Å². The molecule has 1 aromatic heterocycles. The Kier molecular flexibility index (Phi) is 5.22. The zero-order valence-corrected chi connectivity index (χ0v) is 17.0. The van der Waals surface area contributed by atoms with Gasteiger partial charge in [-0.25, -0.2) is 4.68 Å². The van der Waals surface area contributed by atoms with Crippen LogP contribution in [-0.4, -0.2) is 20.9 Å². The van der Waals surface area contributed by atoms with Crippen LogP contribution in [-0.2, 0) is 12.7 Å². The number of carbonyl (C=O) groups is 1. The second kappa shape index (κ2) is 7.20. The molecule has 1 amide bonds. The fraction of sp³-hybridized carbons (Fsp3) is 0.316. The van der Waals surface area contributed by atoms with E-state index >= 15 is 0 Å². The lowest BCUT2D eigenvalue weighted by atomic mass is 9.97. The number of aromatic nitrogens is 3. The number of anilines is 1. The van der Waals surface area contributed by atoms with Crippen molar-refractivity contribution in [2.45, 2.75) is 33.5 Å². The topological polar surface area (TPSA) is 59.8 Å². The van der Waals surface area contributed by atoms with Crippen molar-refractivity contribution < 1.29 is 18.0 Å². The number of nitrogens with one attached hydrogen (secondary N) is 1. The second-order valence-corrected chi connectivity index (χ2v) is 8.42. The minimum atomic E-state index is -4.44. The van der Waals surface area contributed by atoms with Crippen molar-refractivity contribution in [3.8, 4) is 0 Å². The Morgan fingerprint density at radius 1 is 1.11 bits per heavy atom. The molecule has 2 aromatic carbocycles. The molecule has 0 bridgehead atoms. The fourth-order valence-corrected chi connectivity index (χ4v) is 3.19. The summed E-state index contributed by atoms with van der Waals surface area (Å²) in [5, 5.41) is 11.0. The Hall–Kier alpha value is -2.42. The van der Waals surface area contributed by atoms with E-state index in [1.807, 2.05) is 0 Å². The molecule has 0 aliphatic rings. The maximum absolute atomic E-state index is 12.7. The molecule has 3 rings (SSSR count). The minimum absolute atomic E-state index is 0.0164. The molecule has 28 heavy (non-hydrogen) atoms. The molecule has 5 nitrogen and oxygen atoms in total. The Morgan fingerprint density at radius 2 is 1.75 bits per heavy atom. The van der Waals surface area contributed by atoms with Crippen molar-refractivity contribution in [3.63, 3.8) is 0 Å². The second-order valence-electron chi connectivity index (χ2n) is 7.63. The molecule has 0 saturated carbocycles. The smallest absolute Gasteiger partial charge is 0.321 e. The molecule has 0 fully saturated rings. The fourth-order valence-electron chi connectivity index (χ4n) is 2.67.